The Bertz CT molecular complexity index is 673. The Kier molecular flexibility index (Phi) is 6.60. The van der Waals surface area contributed by atoms with Crippen molar-refractivity contribution >= 4 is 5.91 Å². The second-order valence-corrected chi connectivity index (χ2v) is 6.47. The molecule has 2 aromatic carbocycles. The van der Waals surface area contributed by atoms with Crippen LogP contribution in [0, 0.1) is 0 Å². The van der Waals surface area contributed by atoms with Gasteiger partial charge in [0.2, 0.25) is 5.91 Å². The summed E-state index contributed by atoms with van der Waals surface area (Å²) in [5.74, 6) is 0.0995. The van der Waals surface area contributed by atoms with E-state index in [1.165, 1.54) is 16.7 Å². The van der Waals surface area contributed by atoms with Gasteiger partial charge in [-0.3, -0.25) is 9.69 Å². The van der Waals surface area contributed by atoms with Gasteiger partial charge >= 0.3 is 0 Å². The lowest BCUT2D eigenvalue weighted by Crippen LogP contribution is -2.40. The van der Waals surface area contributed by atoms with Crippen LogP contribution in [0.25, 0.3) is 0 Å². The van der Waals surface area contributed by atoms with Crippen molar-refractivity contribution in [3.05, 3.63) is 71.3 Å². The fourth-order valence-electron chi connectivity index (χ4n) is 3.11. The number of rotatable bonds is 8. The van der Waals surface area contributed by atoms with Crippen molar-refractivity contribution in [3.63, 3.8) is 0 Å². The first-order valence-electron chi connectivity index (χ1n) is 8.99. The van der Waals surface area contributed by atoms with E-state index in [9.17, 15) is 4.79 Å². The maximum Gasteiger partial charge on any atom is 0.234 e. The Morgan fingerprint density at radius 1 is 1.04 bits per heavy atom. The van der Waals surface area contributed by atoms with Crippen LogP contribution in [-0.4, -0.2) is 37.0 Å². The highest BCUT2D eigenvalue weighted by Gasteiger charge is 2.17. The number of carbonyl (C=O) groups excluding carboxylic acids is 1. The van der Waals surface area contributed by atoms with Crippen molar-refractivity contribution in [2.45, 2.75) is 26.0 Å². The van der Waals surface area contributed by atoms with Crippen LogP contribution in [0.15, 0.2) is 54.6 Å². The maximum absolute atomic E-state index is 12.1. The number of hydrogen-bond acceptors (Lipinski definition) is 3. The molecule has 1 amide bonds. The number of ether oxygens (including phenoxy) is 1. The Labute approximate surface area is 149 Å². The van der Waals surface area contributed by atoms with Crippen molar-refractivity contribution < 1.29 is 9.53 Å². The molecule has 25 heavy (non-hydrogen) atoms. The average molecular weight is 338 g/mol. The summed E-state index contributed by atoms with van der Waals surface area (Å²) in [6.45, 7) is 4.24. The summed E-state index contributed by atoms with van der Waals surface area (Å²) in [6, 6.07) is 18.6. The van der Waals surface area contributed by atoms with Gasteiger partial charge in [0, 0.05) is 26.2 Å². The number of benzene rings is 2. The van der Waals surface area contributed by atoms with E-state index in [1.807, 2.05) is 18.2 Å². The Balaban J connectivity index is 1.27. The highest BCUT2D eigenvalue weighted by molar-refractivity contribution is 5.78. The second-order valence-electron chi connectivity index (χ2n) is 6.47. The van der Waals surface area contributed by atoms with E-state index in [0.717, 1.165) is 25.9 Å². The van der Waals surface area contributed by atoms with E-state index in [-0.39, 0.29) is 5.91 Å². The Morgan fingerprint density at radius 2 is 1.80 bits per heavy atom. The lowest BCUT2D eigenvalue weighted by molar-refractivity contribution is -0.122. The molecular formula is C21H26N2O2. The van der Waals surface area contributed by atoms with Gasteiger partial charge in [0.1, 0.15) is 0 Å². The van der Waals surface area contributed by atoms with Gasteiger partial charge in [-0.1, -0.05) is 54.6 Å². The van der Waals surface area contributed by atoms with Gasteiger partial charge in [-0.2, -0.15) is 0 Å². The molecule has 0 aromatic heterocycles. The van der Waals surface area contributed by atoms with E-state index >= 15 is 0 Å². The first kappa shape index (κ1) is 17.6. The summed E-state index contributed by atoms with van der Waals surface area (Å²) < 4.78 is 5.63. The third kappa shape index (κ3) is 5.69. The quantitative estimate of drug-likeness (QED) is 0.753. The largest absolute Gasteiger partial charge is 0.377 e. The number of amides is 1. The predicted octanol–water partition coefficient (Wildman–Crippen LogP) is 2.77. The fourth-order valence-corrected chi connectivity index (χ4v) is 3.11. The molecule has 1 aliphatic heterocycles. The van der Waals surface area contributed by atoms with E-state index < -0.39 is 0 Å². The molecule has 1 aliphatic rings. The summed E-state index contributed by atoms with van der Waals surface area (Å²) >= 11 is 0. The summed E-state index contributed by atoms with van der Waals surface area (Å²) in [6.07, 6.45) is 1.86. The molecular weight excluding hydrogens is 312 g/mol. The van der Waals surface area contributed by atoms with Gasteiger partial charge in [0.25, 0.3) is 0 Å². The lowest BCUT2D eigenvalue weighted by Gasteiger charge is -2.28. The lowest BCUT2D eigenvalue weighted by atomic mass is 10.00. The molecule has 3 rings (SSSR count). The normalized spacial score (nSPS) is 14.1. The van der Waals surface area contributed by atoms with Crippen molar-refractivity contribution in [1.29, 1.82) is 0 Å². The summed E-state index contributed by atoms with van der Waals surface area (Å²) in [5, 5.41) is 2.99. The van der Waals surface area contributed by atoms with Gasteiger partial charge in [-0.25, -0.2) is 0 Å². The molecule has 0 atom stereocenters. The van der Waals surface area contributed by atoms with E-state index in [0.29, 0.717) is 26.3 Å². The number of nitrogens with one attached hydrogen (secondary N) is 1. The van der Waals surface area contributed by atoms with Crippen LogP contribution in [-0.2, 0) is 29.1 Å². The number of fused-ring (bicyclic) bond motifs is 1. The highest BCUT2D eigenvalue weighted by atomic mass is 16.5. The minimum atomic E-state index is 0.0995. The van der Waals surface area contributed by atoms with Gasteiger partial charge in [0.15, 0.2) is 0 Å². The molecule has 132 valence electrons. The zero-order valence-electron chi connectivity index (χ0n) is 14.6. The Morgan fingerprint density at radius 3 is 2.64 bits per heavy atom. The van der Waals surface area contributed by atoms with Crippen molar-refractivity contribution in [2.24, 2.45) is 0 Å². The van der Waals surface area contributed by atoms with Crippen LogP contribution >= 0.6 is 0 Å². The molecule has 2 aromatic rings. The third-order valence-electron chi connectivity index (χ3n) is 4.48. The molecule has 0 saturated heterocycles. The fraction of sp³-hybridized carbons (Fsp3) is 0.381. The van der Waals surface area contributed by atoms with E-state index in [4.69, 9.17) is 4.74 Å². The van der Waals surface area contributed by atoms with Crippen molar-refractivity contribution in [3.8, 4) is 0 Å². The van der Waals surface area contributed by atoms with Crippen LogP contribution in [0.4, 0.5) is 0 Å². The minimum Gasteiger partial charge on any atom is -0.377 e. The van der Waals surface area contributed by atoms with Gasteiger partial charge < -0.3 is 10.1 Å². The highest BCUT2D eigenvalue weighted by Crippen LogP contribution is 2.17. The Hall–Kier alpha value is -2.17. The zero-order valence-corrected chi connectivity index (χ0v) is 14.6. The smallest absolute Gasteiger partial charge is 0.234 e. The van der Waals surface area contributed by atoms with Crippen LogP contribution in [0.3, 0.4) is 0 Å². The molecule has 0 aliphatic carbocycles. The van der Waals surface area contributed by atoms with Gasteiger partial charge in [-0.05, 0) is 29.5 Å². The van der Waals surface area contributed by atoms with Crippen LogP contribution in [0.1, 0.15) is 23.1 Å². The molecule has 0 bridgehead atoms. The molecule has 0 fully saturated rings. The molecule has 0 radical (unpaired) electrons. The van der Waals surface area contributed by atoms with Crippen molar-refractivity contribution in [1.82, 2.24) is 10.2 Å². The maximum atomic E-state index is 12.1. The summed E-state index contributed by atoms with van der Waals surface area (Å²) in [7, 11) is 0. The second kappa shape index (κ2) is 9.35. The SMILES string of the molecule is O=C(CN1CCc2ccccc2C1)NCCCOCc1ccccc1. The van der Waals surface area contributed by atoms with Gasteiger partial charge in [0.05, 0.1) is 13.2 Å². The third-order valence-corrected chi connectivity index (χ3v) is 4.48. The minimum absolute atomic E-state index is 0.0995. The number of hydrogen-bond donors (Lipinski definition) is 1. The van der Waals surface area contributed by atoms with E-state index in [2.05, 4.69) is 46.6 Å². The van der Waals surface area contributed by atoms with Crippen molar-refractivity contribution in [2.75, 3.05) is 26.2 Å². The zero-order chi connectivity index (χ0) is 17.3. The van der Waals surface area contributed by atoms with E-state index in [1.54, 1.807) is 0 Å². The molecule has 4 nitrogen and oxygen atoms in total. The summed E-state index contributed by atoms with van der Waals surface area (Å²) in [4.78, 5) is 14.3. The average Bonchev–Trinajstić information content (AvgIpc) is 2.65. The van der Waals surface area contributed by atoms with Crippen LogP contribution in [0.2, 0.25) is 0 Å². The predicted molar refractivity (Wildman–Crippen MR) is 99.1 cm³/mol. The monoisotopic (exact) mass is 338 g/mol. The standard InChI is InChI=1S/C21H26N2O2/c24-21(16-23-13-11-19-9-4-5-10-20(19)15-23)22-12-6-14-25-17-18-7-2-1-3-8-18/h1-5,7-10H,6,11-17H2,(H,22,24). The van der Waals surface area contributed by atoms with Crippen LogP contribution in [0.5, 0.6) is 0 Å². The molecule has 1 N–H and O–H groups in total. The molecule has 0 unspecified atom stereocenters. The molecule has 0 spiro atoms. The number of carbonyl (C=O) groups is 1. The number of nitrogens with zero attached hydrogens (tertiary/aromatic N) is 1. The molecule has 1 heterocycles. The van der Waals surface area contributed by atoms with Gasteiger partial charge in [-0.15, -0.1) is 0 Å². The molecule has 4 heteroatoms. The first-order chi connectivity index (χ1) is 12.3. The first-order valence-corrected chi connectivity index (χ1v) is 8.99. The van der Waals surface area contributed by atoms with Crippen LogP contribution < -0.4 is 5.32 Å². The summed E-state index contributed by atoms with van der Waals surface area (Å²) in [5.41, 5.74) is 3.93. The topological polar surface area (TPSA) is 41.6 Å². The molecule has 0 saturated carbocycles.